The molecule has 1 atom stereocenters. The van der Waals surface area contributed by atoms with Gasteiger partial charge < -0.3 is 9.84 Å². The summed E-state index contributed by atoms with van der Waals surface area (Å²) >= 11 is 6.28. The molecule has 5 rings (SSSR count). The minimum absolute atomic E-state index is 0.0366. The third-order valence-electron chi connectivity index (χ3n) is 6.45. The van der Waals surface area contributed by atoms with Gasteiger partial charge in [0.05, 0.1) is 5.69 Å². The summed E-state index contributed by atoms with van der Waals surface area (Å²) in [5, 5.41) is 19.1. The summed E-state index contributed by atoms with van der Waals surface area (Å²) in [5.74, 6) is 1.90. The molecule has 1 saturated carbocycles. The first-order chi connectivity index (χ1) is 15.6. The van der Waals surface area contributed by atoms with E-state index in [9.17, 15) is 9.90 Å². The number of rotatable bonds is 5. The number of carboxylic acid groups (broad SMARTS) is 1. The van der Waals surface area contributed by atoms with Crippen LogP contribution in [0.25, 0.3) is 5.69 Å². The maximum atomic E-state index is 11.4. The zero-order valence-corrected chi connectivity index (χ0v) is 18.4. The van der Waals surface area contributed by atoms with Crippen molar-refractivity contribution in [2.24, 2.45) is 5.92 Å². The number of aliphatic carboxylic acids is 1. The van der Waals surface area contributed by atoms with Crippen molar-refractivity contribution in [2.75, 3.05) is 0 Å². The number of carboxylic acids is 1. The van der Waals surface area contributed by atoms with Gasteiger partial charge in [-0.15, -0.1) is 10.2 Å². The molecular formula is C24H25ClN4O3. The largest absolute Gasteiger partial charge is 0.481 e. The maximum Gasteiger partial charge on any atom is 0.303 e. The Morgan fingerprint density at radius 2 is 1.97 bits per heavy atom. The van der Waals surface area contributed by atoms with E-state index >= 15 is 0 Å². The number of fused-ring (bicyclic) bond motifs is 3. The lowest BCUT2D eigenvalue weighted by Gasteiger charge is -2.28. The van der Waals surface area contributed by atoms with Gasteiger partial charge in [0.25, 0.3) is 0 Å². The Hall–Kier alpha value is -2.93. The topological polar surface area (TPSA) is 90.1 Å². The van der Waals surface area contributed by atoms with Crippen LogP contribution in [0, 0.1) is 5.92 Å². The number of benzene rings is 1. The van der Waals surface area contributed by atoms with Gasteiger partial charge in [-0.25, -0.2) is 4.98 Å². The van der Waals surface area contributed by atoms with Crippen molar-refractivity contribution in [3.05, 3.63) is 64.8 Å². The van der Waals surface area contributed by atoms with Crippen molar-refractivity contribution in [2.45, 2.75) is 57.0 Å². The van der Waals surface area contributed by atoms with Crippen LogP contribution in [0.2, 0.25) is 5.02 Å². The van der Waals surface area contributed by atoms with Gasteiger partial charge in [-0.2, -0.15) is 0 Å². The molecule has 1 aliphatic heterocycles. The van der Waals surface area contributed by atoms with Crippen LogP contribution in [0.1, 0.15) is 55.2 Å². The van der Waals surface area contributed by atoms with Crippen molar-refractivity contribution in [3.63, 3.8) is 0 Å². The van der Waals surface area contributed by atoms with Crippen molar-refractivity contribution in [1.29, 1.82) is 0 Å². The third-order valence-corrected chi connectivity index (χ3v) is 6.68. The Morgan fingerprint density at radius 1 is 1.12 bits per heavy atom. The van der Waals surface area contributed by atoms with Gasteiger partial charge in [0.1, 0.15) is 17.8 Å². The average molecular weight is 453 g/mol. The highest BCUT2D eigenvalue weighted by molar-refractivity contribution is 6.30. The predicted octanol–water partition coefficient (Wildman–Crippen LogP) is 4.61. The number of hydrogen-bond donors (Lipinski definition) is 1. The number of aromatic nitrogens is 4. The van der Waals surface area contributed by atoms with E-state index in [4.69, 9.17) is 16.3 Å². The van der Waals surface area contributed by atoms with Gasteiger partial charge in [0.2, 0.25) is 5.88 Å². The summed E-state index contributed by atoms with van der Waals surface area (Å²) in [6.45, 7) is 0. The molecule has 3 aromatic rings. The van der Waals surface area contributed by atoms with Crippen molar-refractivity contribution in [3.8, 4) is 11.6 Å². The summed E-state index contributed by atoms with van der Waals surface area (Å²) in [4.78, 5) is 15.7. The van der Waals surface area contributed by atoms with Gasteiger partial charge in [0, 0.05) is 36.0 Å². The van der Waals surface area contributed by atoms with E-state index < -0.39 is 5.97 Å². The molecule has 1 fully saturated rings. The van der Waals surface area contributed by atoms with E-state index in [2.05, 4.69) is 19.7 Å². The lowest BCUT2D eigenvalue weighted by atomic mass is 9.86. The zero-order chi connectivity index (χ0) is 22.1. The van der Waals surface area contributed by atoms with Crippen molar-refractivity contribution >= 4 is 17.6 Å². The monoisotopic (exact) mass is 452 g/mol. The Balaban J connectivity index is 1.39. The van der Waals surface area contributed by atoms with E-state index in [1.54, 1.807) is 6.20 Å². The Kier molecular flexibility index (Phi) is 5.83. The minimum atomic E-state index is -0.794. The summed E-state index contributed by atoms with van der Waals surface area (Å²) in [7, 11) is 0. The van der Waals surface area contributed by atoms with Crippen molar-refractivity contribution in [1.82, 2.24) is 19.7 Å². The van der Waals surface area contributed by atoms with Gasteiger partial charge >= 0.3 is 5.97 Å². The highest BCUT2D eigenvalue weighted by Crippen LogP contribution is 2.37. The number of halogens is 1. The summed E-state index contributed by atoms with van der Waals surface area (Å²) in [6, 6.07) is 11.5. The highest BCUT2D eigenvalue weighted by Gasteiger charge is 2.32. The number of carbonyl (C=O) groups is 1. The molecule has 2 aliphatic rings. The molecular weight excluding hydrogens is 428 g/mol. The molecule has 0 saturated heterocycles. The van der Waals surface area contributed by atoms with E-state index in [1.807, 2.05) is 36.4 Å². The number of ether oxygens (including phenoxy) is 1. The molecule has 1 N–H and O–H groups in total. The lowest BCUT2D eigenvalue weighted by molar-refractivity contribution is -0.138. The van der Waals surface area contributed by atoms with Crippen LogP contribution < -0.4 is 4.74 Å². The minimum Gasteiger partial charge on any atom is -0.481 e. The molecule has 3 heterocycles. The van der Waals surface area contributed by atoms with Crippen LogP contribution in [-0.4, -0.2) is 36.9 Å². The molecule has 8 heteroatoms. The number of hydrogen-bond acceptors (Lipinski definition) is 5. The average Bonchev–Trinajstić information content (AvgIpc) is 3.11. The molecule has 0 radical (unpaired) electrons. The molecule has 2 aromatic heterocycles. The summed E-state index contributed by atoms with van der Waals surface area (Å²) in [6.07, 6.45) is 7.02. The van der Waals surface area contributed by atoms with Crippen LogP contribution >= 0.6 is 11.6 Å². The molecule has 32 heavy (non-hydrogen) atoms. The first kappa shape index (κ1) is 20.9. The summed E-state index contributed by atoms with van der Waals surface area (Å²) < 4.78 is 8.20. The molecule has 0 amide bonds. The number of nitrogens with zero attached hydrogens (tertiary/aromatic N) is 4. The standard InChI is InChI=1S/C24H25ClN4O3/c25-18-6-9-20-17(14-18)11-15(13-23(30)31)12-21-27-28-24(29(20)21)16-4-7-19(8-5-16)32-22-3-1-2-10-26-22/h1-3,6,9-10,14-16,19H,4-5,7-8,11-13H2,(H,30,31)/t15?,16-,19-. The third kappa shape index (κ3) is 4.35. The van der Waals surface area contributed by atoms with Crippen molar-refractivity contribution < 1.29 is 14.6 Å². The Bertz CT molecular complexity index is 1110. The molecule has 7 nitrogen and oxygen atoms in total. The molecule has 166 valence electrons. The SMILES string of the molecule is O=C(O)CC1Cc2cc(Cl)ccc2-n2c(nnc2[C@H]2CC[C@H](Oc3ccccn3)CC2)C1. The van der Waals surface area contributed by atoms with Gasteiger partial charge in [-0.1, -0.05) is 17.7 Å². The smallest absolute Gasteiger partial charge is 0.303 e. The van der Waals surface area contributed by atoms with Crippen LogP contribution in [0.3, 0.4) is 0 Å². The molecule has 0 spiro atoms. The fourth-order valence-corrected chi connectivity index (χ4v) is 5.18. The lowest BCUT2D eigenvalue weighted by Crippen LogP contribution is -2.25. The molecule has 1 unspecified atom stereocenters. The van der Waals surface area contributed by atoms with Crippen LogP contribution in [0.4, 0.5) is 0 Å². The summed E-state index contributed by atoms with van der Waals surface area (Å²) in [5.41, 5.74) is 2.07. The van der Waals surface area contributed by atoms with Gasteiger partial charge in [-0.05, 0) is 67.9 Å². The van der Waals surface area contributed by atoms with Gasteiger partial charge in [-0.3, -0.25) is 9.36 Å². The normalized spacial score (nSPS) is 22.5. The fourth-order valence-electron chi connectivity index (χ4n) is 4.98. The van der Waals surface area contributed by atoms with Crippen LogP contribution in [0.5, 0.6) is 5.88 Å². The second-order valence-corrected chi connectivity index (χ2v) is 9.15. The number of pyridine rings is 1. The van der Waals surface area contributed by atoms with E-state index in [0.29, 0.717) is 23.7 Å². The highest BCUT2D eigenvalue weighted by atomic mass is 35.5. The Labute approximate surface area is 191 Å². The Morgan fingerprint density at radius 3 is 2.72 bits per heavy atom. The second-order valence-electron chi connectivity index (χ2n) is 8.71. The quantitative estimate of drug-likeness (QED) is 0.607. The second kappa shape index (κ2) is 8.90. The maximum absolute atomic E-state index is 11.4. The fraction of sp³-hybridized carbons (Fsp3) is 0.417. The van der Waals surface area contributed by atoms with Crippen LogP contribution in [-0.2, 0) is 17.6 Å². The molecule has 1 aliphatic carbocycles. The predicted molar refractivity (Wildman–Crippen MR) is 119 cm³/mol. The first-order valence-electron chi connectivity index (χ1n) is 11.1. The van der Waals surface area contributed by atoms with Crippen LogP contribution in [0.15, 0.2) is 42.6 Å². The van der Waals surface area contributed by atoms with E-state index in [1.165, 1.54) is 0 Å². The van der Waals surface area contributed by atoms with E-state index in [0.717, 1.165) is 48.6 Å². The van der Waals surface area contributed by atoms with E-state index in [-0.39, 0.29) is 24.4 Å². The first-order valence-corrected chi connectivity index (χ1v) is 11.5. The van der Waals surface area contributed by atoms with Gasteiger partial charge in [0.15, 0.2) is 0 Å². The zero-order valence-electron chi connectivity index (χ0n) is 17.7. The molecule has 1 aromatic carbocycles. The molecule has 0 bridgehead atoms.